The van der Waals surface area contributed by atoms with Crippen LogP contribution in [0.2, 0.25) is 10.0 Å². The molecule has 0 spiro atoms. The van der Waals surface area contributed by atoms with Crippen molar-refractivity contribution in [1.29, 1.82) is 0 Å². The first kappa shape index (κ1) is 21.5. The van der Waals surface area contributed by atoms with Crippen molar-refractivity contribution in [2.75, 3.05) is 27.3 Å². The van der Waals surface area contributed by atoms with Gasteiger partial charge in [-0.05, 0) is 36.8 Å². The molecule has 0 aliphatic rings. The molecule has 27 heavy (non-hydrogen) atoms. The number of para-hydroxylation sites is 1. The van der Waals surface area contributed by atoms with Gasteiger partial charge in [-0.15, -0.1) is 0 Å². The maximum Gasteiger partial charge on any atom is 0.338 e. The Hall–Kier alpha value is -1.80. The van der Waals surface area contributed by atoms with Crippen molar-refractivity contribution in [3.8, 4) is 5.75 Å². The molecule has 0 unspecified atom stereocenters. The largest absolute Gasteiger partial charge is 0.487 e. The number of carbonyl (C=O) groups excluding carboxylic acids is 1. The third-order valence-corrected chi connectivity index (χ3v) is 6.10. The lowest BCUT2D eigenvalue weighted by Crippen LogP contribution is -2.23. The van der Waals surface area contributed by atoms with Crippen molar-refractivity contribution >= 4 is 39.2 Å². The molecule has 0 radical (unpaired) electrons. The van der Waals surface area contributed by atoms with Crippen molar-refractivity contribution in [1.82, 2.24) is 4.31 Å². The van der Waals surface area contributed by atoms with Crippen molar-refractivity contribution < 1.29 is 22.7 Å². The Labute approximate surface area is 168 Å². The number of ether oxygens (including phenoxy) is 2. The van der Waals surface area contributed by atoms with Crippen LogP contribution in [0, 0.1) is 6.92 Å². The second kappa shape index (κ2) is 8.93. The summed E-state index contributed by atoms with van der Waals surface area (Å²) in [7, 11) is -0.807. The van der Waals surface area contributed by atoms with Gasteiger partial charge < -0.3 is 9.47 Å². The van der Waals surface area contributed by atoms with Crippen LogP contribution < -0.4 is 4.74 Å². The number of sulfonamides is 1. The molecule has 2 rings (SSSR count). The summed E-state index contributed by atoms with van der Waals surface area (Å²) in [5.41, 5.74) is 0.779. The van der Waals surface area contributed by atoms with Gasteiger partial charge in [0.2, 0.25) is 10.0 Å². The molecular weight excluding hydrogens is 413 g/mol. The van der Waals surface area contributed by atoms with Crippen LogP contribution in [-0.2, 0) is 14.8 Å². The third-order valence-electron chi connectivity index (χ3n) is 3.69. The molecule has 146 valence electrons. The van der Waals surface area contributed by atoms with Crippen LogP contribution in [0.25, 0.3) is 0 Å². The van der Waals surface area contributed by atoms with E-state index in [9.17, 15) is 13.2 Å². The van der Waals surface area contributed by atoms with Crippen LogP contribution in [0.4, 0.5) is 0 Å². The lowest BCUT2D eigenvalue weighted by atomic mass is 10.1. The predicted octanol–water partition coefficient (Wildman–Crippen LogP) is 3.79. The minimum Gasteiger partial charge on any atom is -0.487 e. The molecule has 0 fully saturated rings. The van der Waals surface area contributed by atoms with Gasteiger partial charge in [-0.2, -0.15) is 0 Å². The van der Waals surface area contributed by atoms with Gasteiger partial charge in [0.25, 0.3) is 0 Å². The fourth-order valence-electron chi connectivity index (χ4n) is 2.17. The topological polar surface area (TPSA) is 72.9 Å². The highest BCUT2D eigenvalue weighted by Crippen LogP contribution is 2.32. The summed E-state index contributed by atoms with van der Waals surface area (Å²) in [5.74, 6) is -0.329. The Balaban J connectivity index is 2.04. The van der Waals surface area contributed by atoms with E-state index >= 15 is 0 Å². The summed E-state index contributed by atoms with van der Waals surface area (Å²) < 4.78 is 36.2. The smallest absolute Gasteiger partial charge is 0.338 e. The molecule has 2 aromatic rings. The van der Waals surface area contributed by atoms with Crippen molar-refractivity contribution in [3.05, 3.63) is 57.6 Å². The Morgan fingerprint density at radius 1 is 1.07 bits per heavy atom. The van der Waals surface area contributed by atoms with Gasteiger partial charge >= 0.3 is 5.97 Å². The number of benzene rings is 2. The molecule has 0 aliphatic heterocycles. The first-order valence-electron chi connectivity index (χ1n) is 7.91. The Morgan fingerprint density at radius 2 is 1.70 bits per heavy atom. The second-order valence-corrected chi connectivity index (χ2v) is 8.77. The maximum absolute atomic E-state index is 12.3. The third kappa shape index (κ3) is 5.13. The van der Waals surface area contributed by atoms with E-state index in [2.05, 4.69) is 0 Å². The van der Waals surface area contributed by atoms with E-state index in [-0.39, 0.29) is 23.7 Å². The van der Waals surface area contributed by atoms with Crippen molar-refractivity contribution in [2.45, 2.75) is 11.8 Å². The van der Waals surface area contributed by atoms with Crippen LogP contribution in [0.1, 0.15) is 15.9 Å². The number of aryl methyl sites for hydroxylation is 1. The summed E-state index contributed by atoms with van der Waals surface area (Å²) in [6, 6.07) is 9.27. The molecule has 0 amide bonds. The number of rotatable bonds is 7. The molecule has 0 heterocycles. The summed E-state index contributed by atoms with van der Waals surface area (Å²) in [5, 5.41) is 0.706. The Kier molecular flexibility index (Phi) is 7.11. The van der Waals surface area contributed by atoms with Gasteiger partial charge in [-0.3, -0.25) is 0 Å². The summed E-state index contributed by atoms with van der Waals surface area (Å²) in [6.07, 6.45) is 0. The predicted molar refractivity (Wildman–Crippen MR) is 104 cm³/mol. The molecule has 0 N–H and O–H groups in total. The fourth-order valence-corrected chi connectivity index (χ4v) is 3.60. The number of hydrogen-bond acceptors (Lipinski definition) is 5. The van der Waals surface area contributed by atoms with E-state index < -0.39 is 16.0 Å². The molecule has 9 heteroatoms. The molecule has 0 saturated carbocycles. The summed E-state index contributed by atoms with van der Waals surface area (Å²) in [4.78, 5) is 12.3. The lowest BCUT2D eigenvalue weighted by molar-refractivity contribution is 0.0449. The maximum atomic E-state index is 12.3. The van der Waals surface area contributed by atoms with Gasteiger partial charge in [-0.1, -0.05) is 35.3 Å². The molecular formula is C18H19Cl2NO5S. The highest BCUT2D eigenvalue weighted by atomic mass is 35.5. The second-order valence-electron chi connectivity index (χ2n) is 5.80. The normalized spacial score (nSPS) is 11.5. The minimum absolute atomic E-state index is 0.0177. The first-order chi connectivity index (χ1) is 12.6. The van der Waals surface area contributed by atoms with Gasteiger partial charge in [0.15, 0.2) is 5.75 Å². The van der Waals surface area contributed by atoms with E-state index in [0.717, 1.165) is 4.31 Å². The molecule has 0 saturated heterocycles. The molecule has 2 aromatic carbocycles. The number of hydrogen-bond donors (Lipinski definition) is 0. The number of halogens is 2. The summed E-state index contributed by atoms with van der Waals surface area (Å²) >= 11 is 12.0. The van der Waals surface area contributed by atoms with Crippen LogP contribution in [0.15, 0.2) is 41.3 Å². The van der Waals surface area contributed by atoms with E-state index in [4.69, 9.17) is 32.7 Å². The van der Waals surface area contributed by atoms with Crippen molar-refractivity contribution in [2.24, 2.45) is 0 Å². The van der Waals surface area contributed by atoms with Crippen molar-refractivity contribution in [3.63, 3.8) is 0 Å². The number of esters is 1. The molecule has 0 aromatic heterocycles. The van der Waals surface area contributed by atoms with Crippen LogP contribution >= 0.6 is 23.2 Å². The minimum atomic E-state index is -3.65. The molecule has 6 nitrogen and oxygen atoms in total. The van der Waals surface area contributed by atoms with Crippen LogP contribution in [0.3, 0.4) is 0 Å². The average molecular weight is 432 g/mol. The Bertz CT molecular complexity index is 925. The van der Waals surface area contributed by atoms with Gasteiger partial charge in [0.1, 0.15) is 13.2 Å². The van der Waals surface area contributed by atoms with Crippen LogP contribution in [-0.4, -0.2) is 46.0 Å². The fraction of sp³-hybridized carbons (Fsp3) is 0.278. The van der Waals surface area contributed by atoms with Crippen LogP contribution in [0.5, 0.6) is 5.75 Å². The van der Waals surface area contributed by atoms with Gasteiger partial charge in [0.05, 0.1) is 20.5 Å². The quantitative estimate of drug-likeness (QED) is 0.492. The highest BCUT2D eigenvalue weighted by molar-refractivity contribution is 7.89. The number of nitrogens with zero attached hydrogens (tertiary/aromatic N) is 1. The number of carbonyl (C=O) groups is 1. The molecule has 0 bridgehead atoms. The zero-order valence-corrected chi connectivity index (χ0v) is 17.4. The monoisotopic (exact) mass is 431 g/mol. The van der Waals surface area contributed by atoms with E-state index in [1.165, 1.54) is 26.2 Å². The molecule has 0 atom stereocenters. The van der Waals surface area contributed by atoms with Gasteiger partial charge in [0, 0.05) is 14.1 Å². The van der Waals surface area contributed by atoms with Gasteiger partial charge in [-0.25, -0.2) is 17.5 Å². The van der Waals surface area contributed by atoms with E-state index in [0.29, 0.717) is 21.4 Å². The highest BCUT2D eigenvalue weighted by Gasteiger charge is 2.20. The standard InChI is InChI=1S/C18H19Cl2NO5S/c1-12-7-8-13(27(23,24)21(2)3)11-14(12)18(22)26-10-9-25-17-15(19)5-4-6-16(17)20/h4-8,11H,9-10H2,1-3H3. The van der Waals surface area contributed by atoms with E-state index in [1.807, 2.05) is 0 Å². The molecule has 0 aliphatic carbocycles. The SMILES string of the molecule is Cc1ccc(S(=O)(=O)N(C)C)cc1C(=O)OCCOc1c(Cl)cccc1Cl. The zero-order chi connectivity index (χ0) is 20.2. The van der Waals surface area contributed by atoms with E-state index in [1.54, 1.807) is 31.2 Å². The first-order valence-corrected chi connectivity index (χ1v) is 10.1. The zero-order valence-electron chi connectivity index (χ0n) is 15.0. The summed E-state index contributed by atoms with van der Waals surface area (Å²) in [6.45, 7) is 1.69. The average Bonchev–Trinajstić information content (AvgIpc) is 2.60. The lowest BCUT2D eigenvalue weighted by Gasteiger charge is -2.14. The Morgan fingerprint density at radius 3 is 2.30 bits per heavy atom.